The summed E-state index contributed by atoms with van der Waals surface area (Å²) in [6, 6.07) is 0. The van der Waals surface area contributed by atoms with Crippen LogP contribution in [0.5, 0.6) is 0 Å². The van der Waals surface area contributed by atoms with E-state index in [1.165, 1.54) is 4.90 Å². The zero-order chi connectivity index (χ0) is 20.4. The SMILES string of the molecule is NCCN(C[C@@H](O)[C@@H](O)[C@H](O)[C@H](O)CO)C[C@H](O)[C@@H](O)[C@H](O)[C@H](O)CO. The third kappa shape index (κ3) is 8.04. The molecule has 0 aromatic rings. The Balaban J connectivity index is 4.81. The highest BCUT2D eigenvalue weighted by molar-refractivity contribution is 4.86. The smallest absolute Gasteiger partial charge is 0.111 e. The van der Waals surface area contributed by atoms with E-state index in [1.54, 1.807) is 0 Å². The van der Waals surface area contributed by atoms with Crippen molar-refractivity contribution in [1.82, 2.24) is 4.90 Å². The van der Waals surface area contributed by atoms with Crippen LogP contribution in [0.1, 0.15) is 0 Å². The van der Waals surface area contributed by atoms with Crippen LogP contribution in [-0.2, 0) is 0 Å². The topological polar surface area (TPSA) is 232 Å². The maximum Gasteiger partial charge on any atom is 0.111 e. The molecule has 0 fully saturated rings. The quantitative estimate of drug-likeness (QED) is 0.133. The molecule has 0 rings (SSSR count). The minimum Gasteiger partial charge on any atom is -0.394 e. The van der Waals surface area contributed by atoms with E-state index >= 15 is 0 Å². The Hall–Kier alpha value is -0.480. The maximum absolute atomic E-state index is 9.96. The van der Waals surface area contributed by atoms with E-state index in [2.05, 4.69) is 0 Å². The van der Waals surface area contributed by atoms with Gasteiger partial charge in [0.05, 0.1) is 25.4 Å². The summed E-state index contributed by atoms with van der Waals surface area (Å²) in [4.78, 5) is 1.32. The van der Waals surface area contributed by atoms with Crippen molar-refractivity contribution in [3.63, 3.8) is 0 Å². The minimum atomic E-state index is -1.81. The first-order chi connectivity index (χ1) is 12.1. The molecule has 26 heavy (non-hydrogen) atoms. The standard InChI is InChI=1S/C14H32N2O10/c15-1-2-16(3-7(19)11(23)13(25)9(21)5-17)4-8(20)12(24)14(26)10(22)6-18/h7-14,17-26H,1-6,15H2/t7-,8+,9-,10-,11-,12-,13-,14-/m1/s1. The van der Waals surface area contributed by atoms with Crippen molar-refractivity contribution < 1.29 is 51.1 Å². The van der Waals surface area contributed by atoms with Gasteiger partial charge in [-0.2, -0.15) is 0 Å². The molecule has 0 aliphatic heterocycles. The lowest BCUT2D eigenvalue weighted by molar-refractivity contribution is -0.130. The van der Waals surface area contributed by atoms with Crippen molar-refractivity contribution in [2.75, 3.05) is 39.4 Å². The first-order valence-electron chi connectivity index (χ1n) is 8.19. The van der Waals surface area contributed by atoms with Crippen molar-refractivity contribution in [3.8, 4) is 0 Å². The van der Waals surface area contributed by atoms with Crippen molar-refractivity contribution in [3.05, 3.63) is 0 Å². The van der Waals surface area contributed by atoms with E-state index in [0.29, 0.717) is 0 Å². The van der Waals surface area contributed by atoms with Gasteiger partial charge in [0.1, 0.15) is 36.6 Å². The normalized spacial score (nSPS) is 21.7. The van der Waals surface area contributed by atoms with E-state index in [4.69, 9.17) is 15.9 Å². The van der Waals surface area contributed by atoms with Gasteiger partial charge in [0.15, 0.2) is 0 Å². The van der Waals surface area contributed by atoms with E-state index < -0.39 is 62.0 Å². The number of nitrogens with two attached hydrogens (primary N) is 1. The molecule has 0 aliphatic rings. The second-order valence-electron chi connectivity index (χ2n) is 6.15. The fraction of sp³-hybridized carbons (Fsp3) is 1.00. The van der Waals surface area contributed by atoms with Gasteiger partial charge in [0.25, 0.3) is 0 Å². The van der Waals surface area contributed by atoms with Gasteiger partial charge in [0, 0.05) is 26.2 Å². The van der Waals surface area contributed by atoms with Crippen molar-refractivity contribution in [1.29, 1.82) is 0 Å². The molecule has 0 aromatic carbocycles. The van der Waals surface area contributed by atoms with Gasteiger partial charge in [0.2, 0.25) is 0 Å². The van der Waals surface area contributed by atoms with Crippen LogP contribution in [0.2, 0.25) is 0 Å². The number of aliphatic hydroxyl groups excluding tert-OH is 10. The molecular weight excluding hydrogens is 356 g/mol. The van der Waals surface area contributed by atoms with Crippen LogP contribution in [0.15, 0.2) is 0 Å². The van der Waals surface area contributed by atoms with Crippen LogP contribution in [-0.4, -0.2) is 144 Å². The van der Waals surface area contributed by atoms with Crippen LogP contribution >= 0.6 is 0 Å². The lowest BCUT2D eigenvalue weighted by Gasteiger charge is -2.33. The molecule has 12 N–H and O–H groups in total. The molecule has 158 valence electrons. The van der Waals surface area contributed by atoms with Crippen molar-refractivity contribution >= 4 is 0 Å². The number of rotatable bonds is 14. The molecule has 0 heterocycles. The summed E-state index contributed by atoms with van der Waals surface area (Å²) in [5.41, 5.74) is 5.42. The number of nitrogens with zero attached hydrogens (tertiary/aromatic N) is 1. The fourth-order valence-corrected chi connectivity index (χ4v) is 2.31. The number of hydrogen-bond acceptors (Lipinski definition) is 12. The first kappa shape index (κ1) is 25.5. The Labute approximate surface area is 151 Å². The molecule has 12 nitrogen and oxygen atoms in total. The summed E-state index contributed by atoms with van der Waals surface area (Å²) < 4.78 is 0. The highest BCUT2D eigenvalue weighted by Crippen LogP contribution is 2.10. The first-order valence-corrected chi connectivity index (χ1v) is 8.19. The molecule has 0 aromatic heterocycles. The largest absolute Gasteiger partial charge is 0.394 e. The molecule has 0 saturated carbocycles. The summed E-state index contributed by atoms with van der Waals surface area (Å²) in [7, 11) is 0. The monoisotopic (exact) mass is 388 g/mol. The van der Waals surface area contributed by atoms with Gasteiger partial charge >= 0.3 is 0 Å². The summed E-state index contributed by atoms with van der Waals surface area (Å²) >= 11 is 0. The van der Waals surface area contributed by atoms with Crippen LogP contribution in [0.25, 0.3) is 0 Å². The Morgan fingerprint density at radius 3 is 1.15 bits per heavy atom. The van der Waals surface area contributed by atoms with E-state index in [1.807, 2.05) is 0 Å². The lowest BCUT2D eigenvalue weighted by atomic mass is 10.0. The van der Waals surface area contributed by atoms with Gasteiger partial charge in [-0.1, -0.05) is 0 Å². The van der Waals surface area contributed by atoms with Gasteiger partial charge in [-0.05, 0) is 0 Å². The molecule has 0 unspecified atom stereocenters. The molecule has 0 amide bonds. The van der Waals surface area contributed by atoms with Crippen LogP contribution in [0.4, 0.5) is 0 Å². The molecule has 0 radical (unpaired) electrons. The van der Waals surface area contributed by atoms with Gasteiger partial charge in [-0.25, -0.2) is 0 Å². The Kier molecular flexibility index (Phi) is 12.6. The Morgan fingerprint density at radius 1 is 0.577 bits per heavy atom. The third-order valence-electron chi connectivity index (χ3n) is 3.99. The van der Waals surface area contributed by atoms with Crippen LogP contribution < -0.4 is 5.73 Å². The number of aliphatic hydroxyl groups is 10. The van der Waals surface area contributed by atoms with Gasteiger partial charge in [-0.3, -0.25) is 4.90 Å². The van der Waals surface area contributed by atoms with E-state index in [-0.39, 0.29) is 26.2 Å². The number of hydrogen-bond donors (Lipinski definition) is 11. The maximum atomic E-state index is 9.96. The molecule has 0 spiro atoms. The molecular formula is C14H32N2O10. The summed E-state index contributed by atoms with van der Waals surface area (Å²) in [6.07, 6.45) is -13.7. The Bertz CT molecular complexity index is 337. The van der Waals surface area contributed by atoms with Crippen LogP contribution in [0, 0.1) is 0 Å². The predicted octanol–water partition coefficient (Wildman–Crippen LogP) is -6.88. The zero-order valence-electron chi connectivity index (χ0n) is 14.4. The molecule has 8 atom stereocenters. The molecule has 0 bridgehead atoms. The predicted molar refractivity (Wildman–Crippen MR) is 87.7 cm³/mol. The molecule has 0 aliphatic carbocycles. The van der Waals surface area contributed by atoms with E-state index in [0.717, 1.165) is 0 Å². The fourth-order valence-electron chi connectivity index (χ4n) is 2.31. The second kappa shape index (κ2) is 12.8. The van der Waals surface area contributed by atoms with Crippen molar-refractivity contribution in [2.24, 2.45) is 5.73 Å². The average Bonchev–Trinajstić information content (AvgIpc) is 2.63. The van der Waals surface area contributed by atoms with Gasteiger partial charge < -0.3 is 56.8 Å². The minimum absolute atomic E-state index is 0.0786. The Morgan fingerprint density at radius 2 is 0.885 bits per heavy atom. The molecule has 12 heteroatoms. The highest BCUT2D eigenvalue weighted by atomic mass is 16.4. The second-order valence-corrected chi connectivity index (χ2v) is 6.15. The van der Waals surface area contributed by atoms with E-state index in [9.17, 15) is 40.9 Å². The van der Waals surface area contributed by atoms with Crippen LogP contribution in [0.3, 0.4) is 0 Å². The zero-order valence-corrected chi connectivity index (χ0v) is 14.4. The summed E-state index contributed by atoms with van der Waals surface area (Å²) in [5, 5.41) is 94.8. The molecule has 0 saturated heterocycles. The third-order valence-corrected chi connectivity index (χ3v) is 3.99. The summed E-state index contributed by atoms with van der Waals surface area (Å²) in [5.74, 6) is 0. The van der Waals surface area contributed by atoms with Crippen molar-refractivity contribution in [2.45, 2.75) is 48.8 Å². The average molecular weight is 388 g/mol. The lowest BCUT2D eigenvalue weighted by Crippen LogP contribution is -2.53. The summed E-state index contributed by atoms with van der Waals surface area (Å²) in [6.45, 7) is -2.12. The highest BCUT2D eigenvalue weighted by Gasteiger charge is 2.34. The van der Waals surface area contributed by atoms with Gasteiger partial charge in [-0.15, -0.1) is 0 Å².